The summed E-state index contributed by atoms with van der Waals surface area (Å²) < 4.78 is 13.9. The molecule has 1 heterocycles. The van der Waals surface area contributed by atoms with E-state index in [1.165, 1.54) is 6.07 Å². The highest BCUT2D eigenvalue weighted by molar-refractivity contribution is 6.34. The Morgan fingerprint density at radius 3 is 2.32 bits per heavy atom. The number of benzene rings is 1. The normalized spacial score (nSPS) is 14.5. The van der Waals surface area contributed by atoms with E-state index in [0.717, 1.165) is 19.3 Å². The fraction of sp³-hybridized carbons (Fsp3) is 0.579. The van der Waals surface area contributed by atoms with Crippen molar-refractivity contribution in [3.05, 3.63) is 30.1 Å². The lowest BCUT2D eigenvalue weighted by atomic mass is 10.2. The zero-order chi connectivity index (χ0) is 18.2. The second kappa shape index (κ2) is 9.39. The number of carbonyl (C=O) groups is 2. The molecule has 1 aliphatic heterocycles. The van der Waals surface area contributed by atoms with Gasteiger partial charge in [-0.1, -0.05) is 32.4 Å². The Balaban J connectivity index is 1.93. The number of amides is 2. The minimum absolute atomic E-state index is 0.257. The molecule has 0 spiro atoms. The number of halogens is 1. The van der Waals surface area contributed by atoms with E-state index < -0.39 is 11.8 Å². The largest absolute Gasteiger partial charge is 0.366 e. The van der Waals surface area contributed by atoms with E-state index in [9.17, 15) is 14.0 Å². The first-order valence-corrected chi connectivity index (χ1v) is 9.16. The van der Waals surface area contributed by atoms with Gasteiger partial charge in [-0.25, -0.2) is 4.39 Å². The first-order chi connectivity index (χ1) is 12.1. The van der Waals surface area contributed by atoms with Crippen LogP contribution in [0.2, 0.25) is 0 Å². The first-order valence-electron chi connectivity index (χ1n) is 9.16. The number of nitrogens with zero attached hydrogens (tertiary/aromatic N) is 3. The van der Waals surface area contributed by atoms with Crippen LogP contribution in [0.15, 0.2) is 24.3 Å². The van der Waals surface area contributed by atoms with Crippen LogP contribution in [0.1, 0.15) is 33.1 Å². The number of carbonyl (C=O) groups excluding carboxylic acids is 2. The van der Waals surface area contributed by atoms with Crippen molar-refractivity contribution in [2.24, 2.45) is 0 Å². The molecule has 2 amide bonds. The van der Waals surface area contributed by atoms with E-state index >= 15 is 0 Å². The molecular formula is C19H28FN3O2. The highest BCUT2D eigenvalue weighted by atomic mass is 19.1. The molecule has 1 saturated heterocycles. The van der Waals surface area contributed by atoms with Crippen molar-refractivity contribution in [3.63, 3.8) is 0 Å². The lowest BCUT2D eigenvalue weighted by Crippen LogP contribution is -2.53. The minimum Gasteiger partial charge on any atom is -0.366 e. The Morgan fingerprint density at radius 1 is 1.04 bits per heavy atom. The third-order valence-corrected chi connectivity index (χ3v) is 4.51. The van der Waals surface area contributed by atoms with Gasteiger partial charge in [0.1, 0.15) is 5.82 Å². The number of anilines is 1. The van der Waals surface area contributed by atoms with Crippen LogP contribution in [-0.2, 0) is 9.59 Å². The van der Waals surface area contributed by atoms with Crippen LogP contribution < -0.4 is 4.90 Å². The molecule has 0 aliphatic carbocycles. The van der Waals surface area contributed by atoms with Gasteiger partial charge in [-0.15, -0.1) is 0 Å². The fourth-order valence-electron chi connectivity index (χ4n) is 3.06. The Morgan fingerprint density at radius 2 is 1.72 bits per heavy atom. The molecule has 0 unspecified atom stereocenters. The molecule has 1 aromatic carbocycles. The molecule has 1 aliphatic rings. The van der Waals surface area contributed by atoms with Crippen LogP contribution in [0.4, 0.5) is 10.1 Å². The van der Waals surface area contributed by atoms with Crippen LogP contribution in [0, 0.1) is 5.82 Å². The first kappa shape index (κ1) is 19.2. The molecule has 0 aromatic heterocycles. The van der Waals surface area contributed by atoms with Gasteiger partial charge < -0.3 is 14.7 Å². The van der Waals surface area contributed by atoms with Crippen LogP contribution in [0.5, 0.6) is 0 Å². The van der Waals surface area contributed by atoms with Crippen molar-refractivity contribution in [1.82, 2.24) is 9.80 Å². The van der Waals surface area contributed by atoms with E-state index in [1.807, 2.05) is 11.8 Å². The molecule has 0 atom stereocenters. The predicted octanol–water partition coefficient (Wildman–Crippen LogP) is 2.51. The second-order valence-electron chi connectivity index (χ2n) is 6.38. The highest BCUT2D eigenvalue weighted by Crippen LogP contribution is 2.20. The number of hydrogen-bond acceptors (Lipinski definition) is 3. The maximum Gasteiger partial charge on any atom is 0.312 e. The fourth-order valence-corrected chi connectivity index (χ4v) is 3.06. The SMILES string of the molecule is CCCCN(CCC)C(=O)C(=O)N1CCN(c2ccccc2F)CC1. The van der Waals surface area contributed by atoms with Crippen LogP contribution in [0.25, 0.3) is 0 Å². The number of piperazine rings is 1. The Labute approximate surface area is 149 Å². The van der Waals surface area contributed by atoms with Gasteiger partial charge in [0.05, 0.1) is 5.69 Å². The van der Waals surface area contributed by atoms with E-state index in [4.69, 9.17) is 0 Å². The summed E-state index contributed by atoms with van der Waals surface area (Å²) in [4.78, 5) is 30.2. The Kier molecular flexibility index (Phi) is 7.22. The lowest BCUT2D eigenvalue weighted by Gasteiger charge is -2.36. The summed E-state index contributed by atoms with van der Waals surface area (Å²) in [5.74, 6) is -1.10. The van der Waals surface area contributed by atoms with Gasteiger partial charge in [-0.3, -0.25) is 9.59 Å². The third-order valence-electron chi connectivity index (χ3n) is 4.51. The zero-order valence-electron chi connectivity index (χ0n) is 15.2. The van der Waals surface area contributed by atoms with Crippen LogP contribution >= 0.6 is 0 Å². The smallest absolute Gasteiger partial charge is 0.312 e. The van der Waals surface area contributed by atoms with Gasteiger partial charge in [0.2, 0.25) is 0 Å². The van der Waals surface area contributed by atoms with Crippen molar-refractivity contribution >= 4 is 17.5 Å². The Hall–Kier alpha value is -2.11. The maximum atomic E-state index is 13.9. The summed E-state index contributed by atoms with van der Waals surface area (Å²) >= 11 is 0. The van der Waals surface area contributed by atoms with Gasteiger partial charge in [-0.05, 0) is 25.0 Å². The van der Waals surface area contributed by atoms with E-state index in [-0.39, 0.29) is 5.82 Å². The summed E-state index contributed by atoms with van der Waals surface area (Å²) in [6, 6.07) is 6.64. The standard InChI is InChI=1S/C19H28FN3O2/c1-3-5-11-22(10-4-2)18(24)19(25)23-14-12-21(13-15-23)17-9-7-6-8-16(17)20/h6-9H,3-5,10-15H2,1-2H3. The topological polar surface area (TPSA) is 43.9 Å². The number of unbranched alkanes of at least 4 members (excludes halogenated alkanes) is 1. The van der Waals surface area contributed by atoms with Gasteiger partial charge in [0, 0.05) is 39.3 Å². The number of hydrogen-bond donors (Lipinski definition) is 0. The molecule has 138 valence electrons. The molecular weight excluding hydrogens is 321 g/mol. The summed E-state index contributed by atoms with van der Waals surface area (Å²) in [7, 11) is 0. The molecule has 6 heteroatoms. The van der Waals surface area contributed by atoms with Crippen molar-refractivity contribution in [2.45, 2.75) is 33.1 Å². The van der Waals surface area contributed by atoms with Crippen molar-refractivity contribution in [1.29, 1.82) is 0 Å². The lowest BCUT2D eigenvalue weighted by molar-refractivity contribution is -0.152. The third kappa shape index (κ3) is 4.94. The van der Waals surface area contributed by atoms with Crippen LogP contribution in [0.3, 0.4) is 0 Å². The number of rotatable bonds is 6. The molecule has 25 heavy (non-hydrogen) atoms. The highest BCUT2D eigenvalue weighted by Gasteiger charge is 2.29. The van der Waals surface area contributed by atoms with Crippen molar-refractivity contribution in [2.75, 3.05) is 44.2 Å². The summed E-state index contributed by atoms with van der Waals surface area (Å²) in [6.45, 7) is 7.25. The molecule has 2 rings (SSSR count). The average Bonchev–Trinajstić information content (AvgIpc) is 2.64. The maximum absolute atomic E-state index is 13.9. The summed E-state index contributed by atoms with van der Waals surface area (Å²) in [6.07, 6.45) is 2.73. The second-order valence-corrected chi connectivity index (χ2v) is 6.38. The molecule has 0 radical (unpaired) electrons. The van der Waals surface area contributed by atoms with Gasteiger partial charge in [0.15, 0.2) is 0 Å². The van der Waals surface area contributed by atoms with Crippen molar-refractivity contribution in [3.8, 4) is 0 Å². The van der Waals surface area contributed by atoms with E-state index in [0.29, 0.717) is 45.0 Å². The molecule has 0 saturated carbocycles. The summed E-state index contributed by atoms with van der Waals surface area (Å²) in [5.41, 5.74) is 0.552. The van der Waals surface area contributed by atoms with E-state index in [2.05, 4.69) is 6.92 Å². The van der Waals surface area contributed by atoms with Crippen LogP contribution in [-0.4, -0.2) is 60.9 Å². The summed E-state index contributed by atoms with van der Waals surface area (Å²) in [5, 5.41) is 0. The van der Waals surface area contributed by atoms with E-state index in [1.54, 1.807) is 28.0 Å². The monoisotopic (exact) mass is 349 g/mol. The molecule has 0 bridgehead atoms. The van der Waals surface area contributed by atoms with Gasteiger partial charge in [-0.2, -0.15) is 0 Å². The molecule has 1 fully saturated rings. The van der Waals surface area contributed by atoms with Gasteiger partial charge in [0.25, 0.3) is 0 Å². The average molecular weight is 349 g/mol. The minimum atomic E-state index is -0.433. The van der Waals surface area contributed by atoms with Crippen molar-refractivity contribution < 1.29 is 14.0 Å². The number of para-hydroxylation sites is 1. The van der Waals surface area contributed by atoms with Gasteiger partial charge >= 0.3 is 11.8 Å². The molecule has 5 nitrogen and oxygen atoms in total. The Bertz CT molecular complexity index is 586. The molecule has 0 N–H and O–H groups in total. The predicted molar refractivity (Wildman–Crippen MR) is 97.0 cm³/mol. The zero-order valence-corrected chi connectivity index (χ0v) is 15.2. The quantitative estimate of drug-likeness (QED) is 0.741. The molecule has 1 aromatic rings.